The van der Waals surface area contributed by atoms with Crippen LogP contribution in [0.3, 0.4) is 0 Å². The summed E-state index contributed by atoms with van der Waals surface area (Å²) in [6.07, 6.45) is 5.51. The molecule has 0 aromatic heterocycles. The number of hydrogen-bond acceptors (Lipinski definition) is 7. The molecule has 2 heterocycles. The van der Waals surface area contributed by atoms with E-state index in [0.29, 0.717) is 19.4 Å². The van der Waals surface area contributed by atoms with E-state index in [4.69, 9.17) is 4.74 Å². The highest BCUT2D eigenvalue weighted by molar-refractivity contribution is 7.91. The molecule has 1 saturated heterocycles. The third-order valence-electron chi connectivity index (χ3n) is 6.88. The maximum Gasteiger partial charge on any atom is 0.338 e. The van der Waals surface area contributed by atoms with Crippen molar-refractivity contribution in [3.8, 4) is 0 Å². The summed E-state index contributed by atoms with van der Waals surface area (Å²) in [5, 5.41) is 0. The first-order chi connectivity index (χ1) is 16.2. The molecule has 0 bridgehead atoms. The topological polar surface area (TPSA) is 118 Å². The summed E-state index contributed by atoms with van der Waals surface area (Å²) in [6, 6.07) is 3.76. The number of ether oxygens (including phenoxy) is 1. The number of hydrogen-bond donors (Lipinski definition) is 0. The summed E-state index contributed by atoms with van der Waals surface area (Å²) < 4.78 is 29.2. The van der Waals surface area contributed by atoms with Crippen molar-refractivity contribution in [3.05, 3.63) is 34.9 Å². The molecule has 1 aromatic rings. The average molecular weight is 491 g/mol. The fraction of sp³-hybridized carbons (Fsp3) is 0.583. The van der Waals surface area contributed by atoms with Gasteiger partial charge in [-0.1, -0.05) is 26.2 Å². The van der Waals surface area contributed by atoms with E-state index in [1.165, 1.54) is 23.1 Å². The predicted molar refractivity (Wildman–Crippen MR) is 123 cm³/mol. The molecule has 10 heteroatoms. The summed E-state index contributed by atoms with van der Waals surface area (Å²) in [5.74, 6) is -1.98. The van der Waals surface area contributed by atoms with Crippen molar-refractivity contribution in [2.45, 2.75) is 64.0 Å². The second-order valence-corrected chi connectivity index (χ2v) is 11.5. The van der Waals surface area contributed by atoms with E-state index in [-0.39, 0.29) is 40.1 Å². The molecule has 3 amide bonds. The van der Waals surface area contributed by atoms with Crippen molar-refractivity contribution in [1.29, 1.82) is 0 Å². The monoisotopic (exact) mass is 490 g/mol. The molecule has 3 aliphatic rings. The molecule has 1 atom stereocenters. The number of benzene rings is 1. The van der Waals surface area contributed by atoms with Crippen LogP contribution in [-0.2, 0) is 19.4 Å². The number of unbranched alkanes of at least 4 members (excludes halogenated alkanes) is 1. The molecule has 0 spiro atoms. The van der Waals surface area contributed by atoms with Crippen LogP contribution in [0.25, 0.3) is 0 Å². The second kappa shape index (κ2) is 9.85. The van der Waals surface area contributed by atoms with Gasteiger partial charge >= 0.3 is 5.97 Å². The van der Waals surface area contributed by atoms with Gasteiger partial charge in [-0.3, -0.25) is 19.3 Å². The minimum absolute atomic E-state index is 0.0396. The summed E-state index contributed by atoms with van der Waals surface area (Å²) in [7, 11) is -3.17. The van der Waals surface area contributed by atoms with Crippen LogP contribution in [0.4, 0.5) is 0 Å². The average Bonchev–Trinajstić information content (AvgIpc) is 3.51. The number of sulfone groups is 1. The Morgan fingerprint density at radius 1 is 1.06 bits per heavy atom. The number of carbonyl (C=O) groups is 4. The van der Waals surface area contributed by atoms with Gasteiger partial charge in [0.25, 0.3) is 17.7 Å². The first-order valence-corrected chi connectivity index (χ1v) is 13.7. The molecule has 9 nitrogen and oxygen atoms in total. The van der Waals surface area contributed by atoms with E-state index in [0.717, 1.165) is 32.1 Å². The molecule has 34 heavy (non-hydrogen) atoms. The standard InChI is InChI=1S/C24H30N2O7S/c1-2-3-11-25-22(28)19-9-8-16(13-20(19)23(25)29)24(30)33-14-21(27)26(17-6-4-5-7-17)18-10-12-34(31,32)15-18/h8-9,13,17-18H,2-7,10-12,14-15H2,1H3. The number of esters is 1. The Balaban J connectivity index is 1.43. The Labute approximate surface area is 199 Å². The van der Waals surface area contributed by atoms with Crippen LogP contribution in [0, 0.1) is 0 Å². The summed E-state index contributed by atoms with van der Waals surface area (Å²) in [5.41, 5.74) is 0.495. The van der Waals surface area contributed by atoms with Gasteiger partial charge in [0.1, 0.15) is 0 Å². The fourth-order valence-electron chi connectivity index (χ4n) is 5.10. The molecule has 4 rings (SSSR count). The van der Waals surface area contributed by atoms with Gasteiger partial charge in [0.15, 0.2) is 16.4 Å². The van der Waals surface area contributed by atoms with E-state index >= 15 is 0 Å². The lowest BCUT2D eigenvalue weighted by Gasteiger charge is -2.33. The largest absolute Gasteiger partial charge is 0.452 e. The summed E-state index contributed by atoms with van der Waals surface area (Å²) in [6.45, 7) is 1.79. The first-order valence-electron chi connectivity index (χ1n) is 11.9. The van der Waals surface area contributed by atoms with Crippen molar-refractivity contribution in [2.75, 3.05) is 24.7 Å². The third kappa shape index (κ3) is 4.87. The zero-order chi connectivity index (χ0) is 24.5. The fourth-order valence-corrected chi connectivity index (χ4v) is 6.82. The van der Waals surface area contributed by atoms with Crippen molar-refractivity contribution < 1.29 is 32.3 Å². The maximum absolute atomic E-state index is 13.0. The minimum Gasteiger partial charge on any atom is -0.452 e. The molecule has 184 valence electrons. The quantitative estimate of drug-likeness (QED) is 0.405. The Bertz CT molecular complexity index is 1110. The lowest BCUT2D eigenvalue weighted by Crippen LogP contribution is -2.48. The van der Waals surface area contributed by atoms with Crippen LogP contribution in [0.15, 0.2) is 18.2 Å². The molecule has 1 unspecified atom stereocenters. The number of carbonyl (C=O) groups excluding carboxylic acids is 4. The zero-order valence-corrected chi connectivity index (χ0v) is 20.1. The predicted octanol–water partition coefficient (Wildman–Crippen LogP) is 2.20. The van der Waals surface area contributed by atoms with Crippen LogP contribution in [0.5, 0.6) is 0 Å². The Hall–Kier alpha value is -2.75. The Kier molecular flexibility index (Phi) is 7.06. The molecule has 2 fully saturated rings. The minimum atomic E-state index is -3.17. The van der Waals surface area contributed by atoms with Gasteiger partial charge in [0.05, 0.1) is 28.2 Å². The summed E-state index contributed by atoms with van der Waals surface area (Å²) >= 11 is 0. The molecule has 0 N–H and O–H groups in total. The molecule has 1 saturated carbocycles. The van der Waals surface area contributed by atoms with Crippen LogP contribution < -0.4 is 0 Å². The van der Waals surface area contributed by atoms with Crippen molar-refractivity contribution >= 4 is 33.5 Å². The van der Waals surface area contributed by atoms with Gasteiger partial charge in [0.2, 0.25) is 0 Å². The zero-order valence-electron chi connectivity index (χ0n) is 19.3. The number of fused-ring (bicyclic) bond motifs is 1. The van der Waals surface area contributed by atoms with E-state index in [1.807, 2.05) is 6.92 Å². The van der Waals surface area contributed by atoms with Gasteiger partial charge in [-0.25, -0.2) is 13.2 Å². The smallest absolute Gasteiger partial charge is 0.338 e. The SMILES string of the molecule is CCCCN1C(=O)c2ccc(C(=O)OCC(=O)N(C3CCCC3)C3CCS(=O)(=O)C3)cc2C1=O. The van der Waals surface area contributed by atoms with Gasteiger partial charge in [-0.15, -0.1) is 0 Å². The number of rotatable bonds is 8. The highest BCUT2D eigenvalue weighted by Gasteiger charge is 2.39. The lowest BCUT2D eigenvalue weighted by molar-refractivity contribution is -0.139. The van der Waals surface area contributed by atoms with E-state index in [9.17, 15) is 27.6 Å². The molecule has 2 aliphatic heterocycles. The molecular weight excluding hydrogens is 460 g/mol. The molecule has 1 aliphatic carbocycles. The van der Waals surface area contributed by atoms with Crippen LogP contribution in [0.1, 0.15) is 82.9 Å². The maximum atomic E-state index is 13.0. The van der Waals surface area contributed by atoms with Gasteiger partial charge in [0, 0.05) is 18.6 Å². The summed E-state index contributed by atoms with van der Waals surface area (Å²) in [4.78, 5) is 53.6. The Morgan fingerprint density at radius 2 is 1.76 bits per heavy atom. The third-order valence-corrected chi connectivity index (χ3v) is 8.63. The van der Waals surface area contributed by atoms with E-state index in [1.54, 1.807) is 4.90 Å². The number of imide groups is 1. The first kappa shape index (κ1) is 24.4. The van der Waals surface area contributed by atoms with Crippen LogP contribution in [0.2, 0.25) is 0 Å². The molecular formula is C24H30N2O7S. The van der Waals surface area contributed by atoms with Gasteiger partial charge in [-0.05, 0) is 43.9 Å². The Morgan fingerprint density at radius 3 is 2.41 bits per heavy atom. The molecule has 0 radical (unpaired) electrons. The van der Waals surface area contributed by atoms with E-state index < -0.39 is 40.3 Å². The molecule has 1 aromatic carbocycles. The van der Waals surface area contributed by atoms with Gasteiger partial charge < -0.3 is 9.64 Å². The highest BCUT2D eigenvalue weighted by Crippen LogP contribution is 2.29. The highest BCUT2D eigenvalue weighted by atomic mass is 32.2. The van der Waals surface area contributed by atoms with Crippen LogP contribution >= 0.6 is 0 Å². The second-order valence-electron chi connectivity index (χ2n) is 9.25. The van der Waals surface area contributed by atoms with Gasteiger partial charge in [-0.2, -0.15) is 0 Å². The van der Waals surface area contributed by atoms with Crippen molar-refractivity contribution in [2.24, 2.45) is 0 Å². The number of amides is 3. The lowest BCUT2D eigenvalue weighted by atomic mass is 10.1. The normalized spacial score (nSPS) is 21.7. The van der Waals surface area contributed by atoms with E-state index in [2.05, 4.69) is 0 Å². The van der Waals surface area contributed by atoms with Crippen molar-refractivity contribution in [1.82, 2.24) is 9.80 Å². The van der Waals surface area contributed by atoms with Crippen LogP contribution in [-0.4, -0.2) is 78.6 Å². The number of nitrogens with zero attached hydrogens (tertiary/aromatic N) is 2. The van der Waals surface area contributed by atoms with Crippen molar-refractivity contribution in [3.63, 3.8) is 0 Å².